The zero-order valence-electron chi connectivity index (χ0n) is 16.7. The van der Waals surface area contributed by atoms with Gasteiger partial charge >= 0.3 is 0 Å². The Hall–Kier alpha value is -2.91. The van der Waals surface area contributed by atoms with E-state index in [0.717, 1.165) is 4.31 Å². The van der Waals surface area contributed by atoms with Crippen molar-refractivity contribution in [3.8, 4) is 5.75 Å². The number of benzene rings is 2. The number of carbonyl (C=O) groups is 2. The molecule has 1 aliphatic rings. The normalized spacial score (nSPS) is 16.2. The third-order valence-electron chi connectivity index (χ3n) is 4.66. The maximum Gasteiger partial charge on any atom is 0.267 e. The molecule has 1 N–H and O–H groups in total. The number of sulfonamides is 1. The quantitative estimate of drug-likeness (QED) is 0.821. The Morgan fingerprint density at radius 3 is 2.52 bits per heavy atom. The fourth-order valence-electron chi connectivity index (χ4n) is 3.04. The summed E-state index contributed by atoms with van der Waals surface area (Å²) in [6, 6.07) is 11.7. The summed E-state index contributed by atoms with van der Waals surface area (Å²) in [5, 5.41) is 2.70. The number of aryl methyl sites for hydroxylation is 1. The summed E-state index contributed by atoms with van der Waals surface area (Å²) in [6.07, 6.45) is -0.927. The van der Waals surface area contributed by atoms with Crippen molar-refractivity contribution in [3.63, 3.8) is 0 Å². The summed E-state index contributed by atoms with van der Waals surface area (Å²) in [4.78, 5) is 26.4. The van der Waals surface area contributed by atoms with Gasteiger partial charge in [-0.15, -0.1) is 0 Å². The third kappa shape index (κ3) is 4.10. The minimum Gasteiger partial charge on any atom is -0.476 e. The fraction of sp³-hybridized carbons (Fsp3) is 0.300. The molecule has 0 fully saturated rings. The van der Waals surface area contributed by atoms with Gasteiger partial charge in [-0.05, 0) is 36.8 Å². The zero-order valence-corrected chi connectivity index (χ0v) is 17.5. The number of hydrogen-bond acceptors (Lipinski definition) is 5. The Morgan fingerprint density at radius 2 is 1.86 bits per heavy atom. The van der Waals surface area contributed by atoms with Crippen LogP contribution in [-0.2, 0) is 19.6 Å². The Kier molecular flexibility index (Phi) is 5.63. The monoisotopic (exact) mass is 417 g/mol. The number of rotatable bonds is 4. The molecule has 154 valence electrons. The molecule has 2 aromatic carbocycles. The molecule has 2 aromatic rings. The average Bonchev–Trinajstić information content (AvgIpc) is 2.68. The number of nitrogens with zero attached hydrogens (tertiary/aromatic N) is 2. The predicted octanol–water partition coefficient (Wildman–Crippen LogP) is 2.00. The van der Waals surface area contributed by atoms with Gasteiger partial charge in [0.05, 0.1) is 17.1 Å². The summed E-state index contributed by atoms with van der Waals surface area (Å²) >= 11 is 0. The number of nitrogens with one attached hydrogen (secondary N) is 1. The van der Waals surface area contributed by atoms with Crippen LogP contribution in [0.4, 0.5) is 11.4 Å². The van der Waals surface area contributed by atoms with Crippen LogP contribution in [-0.4, -0.2) is 51.3 Å². The molecule has 2 amide bonds. The summed E-state index contributed by atoms with van der Waals surface area (Å²) < 4.78 is 31.9. The van der Waals surface area contributed by atoms with Crippen molar-refractivity contribution in [2.75, 3.05) is 30.9 Å². The van der Waals surface area contributed by atoms with Crippen molar-refractivity contribution < 1.29 is 22.7 Å². The molecule has 29 heavy (non-hydrogen) atoms. The van der Waals surface area contributed by atoms with Crippen molar-refractivity contribution in [3.05, 3.63) is 48.0 Å². The van der Waals surface area contributed by atoms with Crippen LogP contribution in [0.15, 0.2) is 47.4 Å². The van der Waals surface area contributed by atoms with E-state index in [1.165, 1.54) is 32.0 Å². The number of amides is 2. The van der Waals surface area contributed by atoms with Gasteiger partial charge in [0.2, 0.25) is 15.9 Å². The van der Waals surface area contributed by atoms with Crippen molar-refractivity contribution in [2.24, 2.45) is 0 Å². The van der Waals surface area contributed by atoms with E-state index < -0.39 is 22.0 Å². The topological polar surface area (TPSA) is 96.0 Å². The molecule has 0 radical (unpaired) electrons. The second-order valence-corrected chi connectivity index (χ2v) is 9.08. The highest BCUT2D eigenvalue weighted by molar-refractivity contribution is 7.89. The molecule has 8 nitrogen and oxygen atoms in total. The molecule has 1 aliphatic heterocycles. The van der Waals surface area contributed by atoms with Gasteiger partial charge in [0.15, 0.2) is 6.10 Å². The van der Waals surface area contributed by atoms with Gasteiger partial charge in [-0.1, -0.05) is 18.2 Å². The van der Waals surface area contributed by atoms with E-state index in [4.69, 9.17) is 4.74 Å². The lowest BCUT2D eigenvalue weighted by molar-refractivity contribution is -0.123. The highest BCUT2D eigenvalue weighted by atomic mass is 32.2. The average molecular weight is 417 g/mol. The highest BCUT2D eigenvalue weighted by Gasteiger charge is 2.32. The van der Waals surface area contributed by atoms with E-state index in [0.29, 0.717) is 22.7 Å². The Bertz CT molecular complexity index is 1070. The van der Waals surface area contributed by atoms with E-state index in [1.807, 2.05) is 0 Å². The molecule has 3 rings (SSSR count). The van der Waals surface area contributed by atoms with Gasteiger partial charge in [0.1, 0.15) is 5.75 Å². The molecule has 0 saturated heterocycles. The minimum atomic E-state index is -3.65. The van der Waals surface area contributed by atoms with Crippen LogP contribution >= 0.6 is 0 Å². The van der Waals surface area contributed by atoms with Gasteiger partial charge in [0.25, 0.3) is 5.91 Å². The van der Waals surface area contributed by atoms with Crippen LogP contribution in [0.3, 0.4) is 0 Å². The summed E-state index contributed by atoms with van der Waals surface area (Å²) in [5.74, 6) is -0.232. The molecule has 9 heteroatoms. The molecule has 0 bridgehead atoms. The fourth-order valence-corrected chi connectivity index (χ4v) is 4.19. The molecule has 0 spiro atoms. The summed E-state index contributed by atoms with van der Waals surface area (Å²) in [5.41, 5.74) is 1.51. The zero-order chi connectivity index (χ0) is 21.3. The predicted molar refractivity (Wildman–Crippen MR) is 110 cm³/mol. The number of hydrogen-bond donors (Lipinski definition) is 1. The van der Waals surface area contributed by atoms with Crippen LogP contribution in [0.25, 0.3) is 0 Å². The minimum absolute atomic E-state index is 0.0624. The van der Waals surface area contributed by atoms with E-state index in [2.05, 4.69) is 5.32 Å². The number of ether oxygens (including phenoxy) is 1. The van der Waals surface area contributed by atoms with Gasteiger partial charge in [-0.3, -0.25) is 9.59 Å². The molecular weight excluding hydrogens is 394 g/mol. The van der Waals surface area contributed by atoms with Crippen molar-refractivity contribution in [2.45, 2.75) is 24.8 Å². The second-order valence-electron chi connectivity index (χ2n) is 6.96. The van der Waals surface area contributed by atoms with Crippen molar-refractivity contribution in [1.82, 2.24) is 4.31 Å². The Balaban J connectivity index is 1.85. The first-order chi connectivity index (χ1) is 13.6. The third-order valence-corrected chi connectivity index (χ3v) is 6.62. The number of anilines is 2. The second kappa shape index (κ2) is 7.84. The van der Waals surface area contributed by atoms with E-state index in [-0.39, 0.29) is 17.3 Å². The van der Waals surface area contributed by atoms with Crippen molar-refractivity contribution >= 4 is 33.2 Å². The lowest BCUT2D eigenvalue weighted by Gasteiger charge is -2.33. The molecule has 1 heterocycles. The van der Waals surface area contributed by atoms with Gasteiger partial charge in [-0.25, -0.2) is 12.7 Å². The summed E-state index contributed by atoms with van der Waals surface area (Å²) in [6.45, 7) is 3.18. The number of fused-ring (bicyclic) bond motifs is 1. The first-order valence-corrected chi connectivity index (χ1v) is 10.4. The van der Waals surface area contributed by atoms with E-state index >= 15 is 0 Å². The van der Waals surface area contributed by atoms with Crippen LogP contribution < -0.4 is 15.0 Å². The lowest BCUT2D eigenvalue weighted by atomic mass is 10.1. The lowest BCUT2D eigenvalue weighted by Crippen LogP contribution is -2.48. The molecule has 0 aromatic heterocycles. The highest BCUT2D eigenvalue weighted by Crippen LogP contribution is 2.33. The summed E-state index contributed by atoms with van der Waals surface area (Å²) in [7, 11) is -0.757. The van der Waals surface area contributed by atoms with Gasteiger partial charge in [-0.2, -0.15) is 0 Å². The SMILES string of the molecule is CC(=O)N1C[C@H](C(=O)Nc2ccc(C)c(S(=O)(=O)N(C)C)c2)Oc2ccccc21. The van der Waals surface area contributed by atoms with Crippen LogP contribution in [0.1, 0.15) is 12.5 Å². The van der Waals surface area contributed by atoms with E-state index in [9.17, 15) is 18.0 Å². The number of para-hydroxylation sites is 2. The van der Waals surface area contributed by atoms with Crippen LogP contribution in [0, 0.1) is 6.92 Å². The number of carbonyl (C=O) groups excluding carboxylic acids is 2. The first-order valence-electron chi connectivity index (χ1n) is 8.99. The molecule has 0 saturated carbocycles. The van der Waals surface area contributed by atoms with E-state index in [1.54, 1.807) is 43.3 Å². The molecule has 1 atom stereocenters. The van der Waals surface area contributed by atoms with Crippen molar-refractivity contribution in [1.29, 1.82) is 0 Å². The molecule has 0 unspecified atom stereocenters. The maximum absolute atomic E-state index is 12.8. The smallest absolute Gasteiger partial charge is 0.267 e. The van der Waals surface area contributed by atoms with Gasteiger partial charge < -0.3 is 15.0 Å². The standard InChI is InChI=1S/C20H23N3O5S/c1-13-9-10-15(11-19(13)29(26,27)22(3)4)21-20(25)18-12-23(14(2)24)16-7-5-6-8-17(16)28-18/h5-11,18H,12H2,1-4H3,(H,21,25)/t18-/m1/s1. The Morgan fingerprint density at radius 1 is 1.17 bits per heavy atom. The first kappa shape index (κ1) is 20.8. The van der Waals surface area contributed by atoms with Crippen LogP contribution in [0.5, 0.6) is 5.75 Å². The van der Waals surface area contributed by atoms with Gasteiger partial charge in [0, 0.05) is 26.7 Å². The maximum atomic E-state index is 12.8. The van der Waals surface area contributed by atoms with Crippen LogP contribution in [0.2, 0.25) is 0 Å². The largest absolute Gasteiger partial charge is 0.476 e. The Labute approximate surface area is 170 Å². The molecular formula is C20H23N3O5S. The molecule has 0 aliphatic carbocycles.